The van der Waals surface area contributed by atoms with Crippen LogP contribution in [-0.4, -0.2) is 30.3 Å². The van der Waals surface area contributed by atoms with Crippen molar-refractivity contribution in [3.05, 3.63) is 46.9 Å². The maximum atomic E-state index is 13.0. The van der Waals surface area contributed by atoms with Gasteiger partial charge in [0, 0.05) is 19.5 Å². The van der Waals surface area contributed by atoms with Crippen molar-refractivity contribution >= 4 is 5.82 Å². The number of anilines is 1. The number of aromatic amines is 1. The zero-order valence-corrected chi connectivity index (χ0v) is 13.1. The molecule has 23 heavy (non-hydrogen) atoms. The van der Waals surface area contributed by atoms with E-state index in [1.165, 1.54) is 12.1 Å². The Balaban J connectivity index is 1.80. The maximum Gasteiger partial charge on any atom is 0.142 e. The summed E-state index contributed by atoms with van der Waals surface area (Å²) in [4.78, 5) is 1.95. The number of benzene rings is 1. The smallest absolute Gasteiger partial charge is 0.142 e. The second-order valence-corrected chi connectivity index (χ2v) is 5.95. The van der Waals surface area contributed by atoms with E-state index in [4.69, 9.17) is 0 Å². The molecule has 0 unspecified atom stereocenters. The maximum absolute atomic E-state index is 13.0. The molecule has 1 saturated heterocycles. The third-order valence-corrected chi connectivity index (χ3v) is 4.33. The van der Waals surface area contributed by atoms with Crippen molar-refractivity contribution < 1.29 is 4.39 Å². The third kappa shape index (κ3) is 3.35. The van der Waals surface area contributed by atoms with E-state index in [2.05, 4.69) is 21.6 Å². The van der Waals surface area contributed by atoms with Gasteiger partial charge in [0.05, 0.1) is 5.69 Å². The SMILES string of the molecule is CN(Cc1ccc(F)cc1)c1[nH]nc(C2CCNCC2)c1C#N. The van der Waals surface area contributed by atoms with Crippen molar-refractivity contribution in [3.8, 4) is 6.07 Å². The number of nitrogens with one attached hydrogen (secondary N) is 2. The second-order valence-electron chi connectivity index (χ2n) is 5.95. The predicted molar refractivity (Wildman–Crippen MR) is 86.7 cm³/mol. The van der Waals surface area contributed by atoms with Gasteiger partial charge in [0.2, 0.25) is 0 Å². The van der Waals surface area contributed by atoms with Gasteiger partial charge in [-0.1, -0.05) is 12.1 Å². The fourth-order valence-electron chi connectivity index (χ4n) is 3.07. The van der Waals surface area contributed by atoms with Crippen LogP contribution in [0.2, 0.25) is 0 Å². The minimum atomic E-state index is -0.246. The van der Waals surface area contributed by atoms with Gasteiger partial charge in [-0.15, -0.1) is 0 Å². The Labute approximate surface area is 135 Å². The van der Waals surface area contributed by atoms with E-state index in [-0.39, 0.29) is 5.82 Å². The molecular weight excluding hydrogens is 293 g/mol. The molecule has 1 aromatic heterocycles. The Morgan fingerprint density at radius 1 is 1.30 bits per heavy atom. The van der Waals surface area contributed by atoms with Gasteiger partial charge in [-0.25, -0.2) is 4.39 Å². The molecule has 2 aromatic rings. The first-order chi connectivity index (χ1) is 11.2. The molecule has 2 N–H and O–H groups in total. The zero-order chi connectivity index (χ0) is 16.2. The molecule has 1 aromatic carbocycles. The lowest BCUT2D eigenvalue weighted by Gasteiger charge is -2.21. The monoisotopic (exact) mass is 313 g/mol. The first-order valence-corrected chi connectivity index (χ1v) is 7.83. The molecule has 0 bridgehead atoms. The lowest BCUT2D eigenvalue weighted by Crippen LogP contribution is -2.27. The van der Waals surface area contributed by atoms with Gasteiger partial charge in [0.25, 0.3) is 0 Å². The lowest BCUT2D eigenvalue weighted by atomic mass is 9.92. The van der Waals surface area contributed by atoms with Crippen molar-refractivity contribution in [2.24, 2.45) is 0 Å². The number of nitriles is 1. The Hall–Kier alpha value is -2.39. The summed E-state index contributed by atoms with van der Waals surface area (Å²) in [6.45, 7) is 2.51. The van der Waals surface area contributed by atoms with Gasteiger partial charge in [-0.05, 0) is 43.6 Å². The van der Waals surface area contributed by atoms with Crippen LogP contribution in [0.3, 0.4) is 0 Å². The fourth-order valence-corrected chi connectivity index (χ4v) is 3.07. The van der Waals surface area contributed by atoms with E-state index >= 15 is 0 Å². The highest BCUT2D eigenvalue weighted by Crippen LogP contribution is 2.31. The highest BCUT2D eigenvalue weighted by molar-refractivity contribution is 5.57. The molecule has 0 atom stereocenters. The average Bonchev–Trinajstić information content (AvgIpc) is 3.02. The molecule has 1 aliphatic rings. The molecule has 0 amide bonds. The summed E-state index contributed by atoms with van der Waals surface area (Å²) in [7, 11) is 1.91. The van der Waals surface area contributed by atoms with E-state index < -0.39 is 0 Å². The topological polar surface area (TPSA) is 67.7 Å². The summed E-state index contributed by atoms with van der Waals surface area (Å²) in [6.07, 6.45) is 2.00. The highest BCUT2D eigenvalue weighted by atomic mass is 19.1. The van der Waals surface area contributed by atoms with Crippen LogP contribution in [-0.2, 0) is 6.54 Å². The number of hydrogen-bond donors (Lipinski definition) is 2. The molecule has 0 aliphatic carbocycles. The van der Waals surface area contributed by atoms with Gasteiger partial charge in [0.1, 0.15) is 23.3 Å². The Morgan fingerprint density at radius 2 is 2.00 bits per heavy atom. The van der Waals surface area contributed by atoms with Crippen LogP contribution in [0.4, 0.5) is 10.2 Å². The molecule has 3 rings (SSSR count). The number of H-pyrrole nitrogens is 1. The molecule has 120 valence electrons. The number of hydrogen-bond acceptors (Lipinski definition) is 4. The molecule has 6 heteroatoms. The van der Waals surface area contributed by atoms with Gasteiger partial charge < -0.3 is 10.2 Å². The number of nitrogens with zero attached hydrogens (tertiary/aromatic N) is 3. The van der Waals surface area contributed by atoms with Crippen LogP contribution < -0.4 is 10.2 Å². The molecule has 0 saturated carbocycles. The summed E-state index contributed by atoms with van der Waals surface area (Å²) in [5, 5.41) is 20.3. The van der Waals surface area contributed by atoms with Crippen molar-refractivity contribution in [3.63, 3.8) is 0 Å². The fraction of sp³-hybridized carbons (Fsp3) is 0.412. The van der Waals surface area contributed by atoms with Crippen molar-refractivity contribution in [1.82, 2.24) is 15.5 Å². The van der Waals surface area contributed by atoms with Gasteiger partial charge in [-0.2, -0.15) is 10.4 Å². The van der Waals surface area contributed by atoms with E-state index in [0.29, 0.717) is 18.0 Å². The van der Waals surface area contributed by atoms with Crippen molar-refractivity contribution in [2.45, 2.75) is 25.3 Å². The Kier molecular flexibility index (Phi) is 4.58. The van der Waals surface area contributed by atoms with Crippen LogP contribution in [0.5, 0.6) is 0 Å². The first-order valence-electron chi connectivity index (χ1n) is 7.83. The van der Waals surface area contributed by atoms with Crippen molar-refractivity contribution in [1.29, 1.82) is 5.26 Å². The van der Waals surface area contributed by atoms with Crippen LogP contribution in [0, 0.1) is 17.1 Å². The van der Waals surface area contributed by atoms with Crippen molar-refractivity contribution in [2.75, 3.05) is 25.0 Å². The molecule has 5 nitrogen and oxygen atoms in total. The highest BCUT2D eigenvalue weighted by Gasteiger charge is 2.24. The lowest BCUT2D eigenvalue weighted by molar-refractivity contribution is 0.452. The van der Waals surface area contributed by atoms with E-state index in [9.17, 15) is 9.65 Å². The largest absolute Gasteiger partial charge is 0.355 e. The summed E-state index contributed by atoms with van der Waals surface area (Å²) < 4.78 is 13.0. The summed E-state index contributed by atoms with van der Waals surface area (Å²) in [5.74, 6) is 0.810. The van der Waals surface area contributed by atoms with E-state index in [1.807, 2.05) is 11.9 Å². The zero-order valence-electron chi connectivity index (χ0n) is 13.1. The Morgan fingerprint density at radius 3 is 2.65 bits per heavy atom. The molecule has 0 spiro atoms. The minimum Gasteiger partial charge on any atom is -0.355 e. The molecule has 1 fully saturated rings. The van der Waals surface area contributed by atoms with Crippen LogP contribution in [0.15, 0.2) is 24.3 Å². The van der Waals surface area contributed by atoms with Crippen LogP contribution in [0.25, 0.3) is 0 Å². The minimum absolute atomic E-state index is 0.246. The first kappa shape index (κ1) is 15.5. The van der Waals surface area contributed by atoms with E-state index in [0.717, 1.165) is 43.0 Å². The molecule has 1 aliphatic heterocycles. The number of halogens is 1. The molecule has 2 heterocycles. The predicted octanol–water partition coefficient (Wildman–Crippen LogP) is 2.52. The average molecular weight is 313 g/mol. The van der Waals surface area contributed by atoms with Crippen LogP contribution >= 0.6 is 0 Å². The molecule has 0 radical (unpaired) electrons. The summed E-state index contributed by atoms with van der Waals surface area (Å²) in [6, 6.07) is 8.70. The number of aromatic nitrogens is 2. The summed E-state index contributed by atoms with van der Waals surface area (Å²) in [5.41, 5.74) is 2.48. The number of rotatable bonds is 4. The van der Waals surface area contributed by atoms with Crippen LogP contribution in [0.1, 0.15) is 35.6 Å². The Bertz CT molecular complexity index is 695. The normalized spacial score (nSPS) is 15.3. The van der Waals surface area contributed by atoms with Gasteiger partial charge in [0.15, 0.2) is 0 Å². The standard InChI is InChI=1S/C17H20FN5/c1-23(11-12-2-4-14(18)5-3-12)17-15(10-19)16(21-22-17)13-6-8-20-9-7-13/h2-5,13,20H,6-9,11H2,1H3,(H,21,22). The number of piperidine rings is 1. The second kappa shape index (κ2) is 6.80. The van der Waals surface area contributed by atoms with Gasteiger partial charge in [-0.3, -0.25) is 5.10 Å². The third-order valence-electron chi connectivity index (χ3n) is 4.33. The van der Waals surface area contributed by atoms with Gasteiger partial charge >= 0.3 is 0 Å². The quantitative estimate of drug-likeness (QED) is 0.910. The van der Waals surface area contributed by atoms with E-state index in [1.54, 1.807) is 12.1 Å². The molecular formula is C17H20FN5. The summed E-state index contributed by atoms with van der Waals surface area (Å²) >= 11 is 0.